The Hall–Kier alpha value is -0.490. The smallest absolute Gasteiger partial charge is 0.122 e. The topological polar surface area (TPSA) is 34.6 Å². The maximum Gasteiger partial charge on any atom is 0.122 e. The first-order valence-electron chi connectivity index (χ1n) is 8.01. The first kappa shape index (κ1) is 16.9. The highest BCUT2D eigenvalue weighted by Crippen LogP contribution is 2.24. The summed E-state index contributed by atoms with van der Waals surface area (Å²) in [5.74, 6) is 0. The second kappa shape index (κ2) is 8.22. The third-order valence-electron chi connectivity index (χ3n) is 4.00. The highest BCUT2D eigenvalue weighted by molar-refractivity contribution is 7.09. The summed E-state index contributed by atoms with van der Waals surface area (Å²) in [4.78, 5) is 7.33. The number of ether oxygens (including phenoxy) is 2. The van der Waals surface area contributed by atoms with Crippen molar-refractivity contribution < 1.29 is 9.47 Å². The molecule has 0 bridgehead atoms. The van der Waals surface area contributed by atoms with E-state index in [1.165, 1.54) is 5.69 Å². The van der Waals surface area contributed by atoms with Crippen molar-refractivity contribution in [1.82, 2.24) is 9.88 Å². The fraction of sp³-hybridized carbons (Fsp3) is 0.812. The fourth-order valence-corrected chi connectivity index (χ4v) is 3.65. The first-order valence-corrected chi connectivity index (χ1v) is 8.89. The predicted molar refractivity (Wildman–Crippen MR) is 86.7 cm³/mol. The second-order valence-electron chi connectivity index (χ2n) is 5.88. The van der Waals surface area contributed by atoms with Crippen LogP contribution in [-0.2, 0) is 16.0 Å². The average molecular weight is 312 g/mol. The van der Waals surface area contributed by atoms with Crippen molar-refractivity contribution >= 4 is 11.3 Å². The third-order valence-corrected chi connectivity index (χ3v) is 5.06. The molecule has 4 nitrogen and oxygen atoms in total. The SMILES string of the molecule is CCOC(C)c1nc(CN(C(C)C)C2CCOCC2)cs1. The predicted octanol–water partition coefficient (Wildman–Crippen LogP) is 3.63. The van der Waals surface area contributed by atoms with Crippen LogP contribution in [0, 0.1) is 0 Å². The molecule has 120 valence electrons. The van der Waals surface area contributed by atoms with Crippen molar-refractivity contribution in [3.8, 4) is 0 Å². The lowest BCUT2D eigenvalue weighted by Crippen LogP contribution is -2.43. The molecule has 1 atom stereocenters. The summed E-state index contributed by atoms with van der Waals surface area (Å²) >= 11 is 1.71. The Morgan fingerprint density at radius 2 is 2.10 bits per heavy atom. The molecule has 2 rings (SSSR count). The van der Waals surface area contributed by atoms with Gasteiger partial charge < -0.3 is 9.47 Å². The standard InChI is InChI=1S/C16H28N2O2S/c1-5-20-13(4)16-17-14(11-21-16)10-18(12(2)3)15-6-8-19-9-7-15/h11-13,15H,5-10H2,1-4H3. The van der Waals surface area contributed by atoms with Crippen molar-refractivity contribution in [2.75, 3.05) is 19.8 Å². The molecular weight excluding hydrogens is 284 g/mol. The molecule has 1 fully saturated rings. The average Bonchev–Trinajstić information content (AvgIpc) is 2.94. The van der Waals surface area contributed by atoms with E-state index in [2.05, 4.69) is 31.1 Å². The highest BCUT2D eigenvalue weighted by Gasteiger charge is 2.24. The minimum absolute atomic E-state index is 0.101. The molecule has 0 saturated carbocycles. The molecular formula is C16H28N2O2S. The van der Waals surface area contributed by atoms with E-state index < -0.39 is 0 Å². The Bertz CT molecular complexity index is 416. The van der Waals surface area contributed by atoms with Crippen molar-refractivity contribution in [3.63, 3.8) is 0 Å². The van der Waals surface area contributed by atoms with Gasteiger partial charge in [0.15, 0.2) is 0 Å². The molecule has 1 saturated heterocycles. The van der Waals surface area contributed by atoms with Gasteiger partial charge in [-0.15, -0.1) is 11.3 Å². The van der Waals surface area contributed by atoms with Gasteiger partial charge in [0.2, 0.25) is 0 Å². The van der Waals surface area contributed by atoms with E-state index >= 15 is 0 Å². The third kappa shape index (κ3) is 4.74. The summed E-state index contributed by atoms with van der Waals surface area (Å²) in [6.45, 7) is 12.1. The molecule has 2 heterocycles. The summed E-state index contributed by atoms with van der Waals surface area (Å²) in [6.07, 6.45) is 2.36. The molecule has 1 unspecified atom stereocenters. The lowest BCUT2D eigenvalue weighted by molar-refractivity contribution is 0.0182. The zero-order chi connectivity index (χ0) is 15.2. The van der Waals surface area contributed by atoms with Gasteiger partial charge in [-0.05, 0) is 40.5 Å². The van der Waals surface area contributed by atoms with Crippen molar-refractivity contribution in [2.45, 2.75) is 65.3 Å². The summed E-state index contributed by atoms with van der Waals surface area (Å²) in [6, 6.07) is 1.15. The van der Waals surface area contributed by atoms with E-state index in [9.17, 15) is 0 Å². The van der Waals surface area contributed by atoms with E-state index in [0.29, 0.717) is 12.1 Å². The molecule has 0 amide bonds. The van der Waals surface area contributed by atoms with Crippen LogP contribution in [0.2, 0.25) is 0 Å². The van der Waals surface area contributed by atoms with E-state index in [1.807, 2.05) is 6.92 Å². The molecule has 0 radical (unpaired) electrons. The van der Waals surface area contributed by atoms with Gasteiger partial charge in [-0.3, -0.25) is 4.90 Å². The molecule has 0 aromatic carbocycles. The molecule has 0 spiro atoms. The van der Waals surface area contributed by atoms with Crippen molar-refractivity contribution in [1.29, 1.82) is 0 Å². The van der Waals surface area contributed by atoms with Gasteiger partial charge in [0.25, 0.3) is 0 Å². The van der Waals surface area contributed by atoms with Gasteiger partial charge in [-0.1, -0.05) is 0 Å². The molecule has 0 aliphatic carbocycles. The zero-order valence-electron chi connectivity index (χ0n) is 13.7. The summed E-state index contributed by atoms with van der Waals surface area (Å²) < 4.78 is 11.1. The van der Waals surface area contributed by atoms with Crippen LogP contribution in [0.3, 0.4) is 0 Å². The Kier molecular flexibility index (Phi) is 6.61. The van der Waals surface area contributed by atoms with E-state index in [0.717, 1.165) is 44.2 Å². The number of aromatic nitrogens is 1. The van der Waals surface area contributed by atoms with Crippen LogP contribution in [0.1, 0.15) is 57.3 Å². The number of hydrogen-bond acceptors (Lipinski definition) is 5. The molecule has 1 aromatic rings. The normalized spacial score (nSPS) is 18.6. The highest BCUT2D eigenvalue weighted by atomic mass is 32.1. The molecule has 5 heteroatoms. The van der Waals surface area contributed by atoms with Crippen LogP contribution >= 0.6 is 11.3 Å². The van der Waals surface area contributed by atoms with Crippen LogP contribution in [0.15, 0.2) is 5.38 Å². The lowest BCUT2D eigenvalue weighted by Gasteiger charge is -2.36. The molecule has 0 N–H and O–H groups in total. The van der Waals surface area contributed by atoms with Crippen LogP contribution < -0.4 is 0 Å². The Labute approximate surface area is 132 Å². The van der Waals surface area contributed by atoms with Crippen LogP contribution in [0.5, 0.6) is 0 Å². The largest absolute Gasteiger partial charge is 0.381 e. The number of hydrogen-bond donors (Lipinski definition) is 0. The lowest BCUT2D eigenvalue weighted by atomic mass is 10.1. The van der Waals surface area contributed by atoms with Crippen molar-refractivity contribution in [3.05, 3.63) is 16.1 Å². The van der Waals surface area contributed by atoms with Gasteiger partial charge >= 0.3 is 0 Å². The van der Waals surface area contributed by atoms with Crippen molar-refractivity contribution in [2.24, 2.45) is 0 Å². The molecule has 21 heavy (non-hydrogen) atoms. The molecule has 1 aliphatic rings. The second-order valence-corrected chi connectivity index (χ2v) is 6.77. The minimum atomic E-state index is 0.101. The molecule has 1 aliphatic heterocycles. The maximum absolute atomic E-state index is 5.63. The van der Waals surface area contributed by atoms with Gasteiger partial charge in [-0.2, -0.15) is 0 Å². The van der Waals surface area contributed by atoms with Crippen LogP contribution in [-0.4, -0.2) is 41.8 Å². The number of rotatable bonds is 7. The first-order chi connectivity index (χ1) is 10.1. The van der Waals surface area contributed by atoms with Gasteiger partial charge in [0.1, 0.15) is 11.1 Å². The van der Waals surface area contributed by atoms with E-state index in [1.54, 1.807) is 11.3 Å². The molecule has 1 aromatic heterocycles. The Balaban J connectivity index is 1.99. The summed E-state index contributed by atoms with van der Waals surface area (Å²) in [5, 5.41) is 3.27. The fourth-order valence-electron chi connectivity index (χ4n) is 2.84. The maximum atomic E-state index is 5.63. The van der Waals surface area contributed by atoms with E-state index in [4.69, 9.17) is 14.5 Å². The monoisotopic (exact) mass is 312 g/mol. The van der Waals surface area contributed by atoms with Gasteiger partial charge in [0, 0.05) is 43.8 Å². The zero-order valence-corrected chi connectivity index (χ0v) is 14.5. The van der Waals surface area contributed by atoms with Gasteiger partial charge in [-0.25, -0.2) is 4.98 Å². The summed E-state index contributed by atoms with van der Waals surface area (Å²) in [5.41, 5.74) is 1.17. The summed E-state index contributed by atoms with van der Waals surface area (Å²) in [7, 11) is 0. The Morgan fingerprint density at radius 1 is 1.38 bits per heavy atom. The van der Waals surface area contributed by atoms with E-state index in [-0.39, 0.29) is 6.10 Å². The number of nitrogens with zero attached hydrogens (tertiary/aromatic N) is 2. The van der Waals surface area contributed by atoms with Crippen LogP contribution in [0.4, 0.5) is 0 Å². The Morgan fingerprint density at radius 3 is 2.71 bits per heavy atom. The number of thiazole rings is 1. The van der Waals surface area contributed by atoms with Crippen LogP contribution in [0.25, 0.3) is 0 Å². The quantitative estimate of drug-likeness (QED) is 0.770. The minimum Gasteiger partial charge on any atom is -0.381 e. The van der Waals surface area contributed by atoms with Gasteiger partial charge in [0.05, 0.1) is 5.69 Å².